The largest absolute Gasteiger partial charge is 0.492 e. The lowest BCUT2D eigenvalue weighted by Gasteiger charge is -2.22. The maximum atomic E-state index is 5.77. The van der Waals surface area contributed by atoms with Gasteiger partial charge < -0.3 is 19.9 Å². The van der Waals surface area contributed by atoms with E-state index in [0.717, 1.165) is 50.9 Å². The molecular formula is C20H37IN4O. The number of para-hydroxylation sites is 1. The topological polar surface area (TPSA) is 40.1 Å². The number of likely N-dealkylation sites (N-methyl/N-ethyl adjacent to an activating group) is 1. The fourth-order valence-corrected chi connectivity index (χ4v) is 2.56. The second-order valence-electron chi connectivity index (χ2n) is 6.05. The molecule has 0 aromatic heterocycles. The number of hydrogen-bond acceptors (Lipinski definition) is 3. The molecule has 0 saturated carbocycles. The van der Waals surface area contributed by atoms with Crippen molar-refractivity contribution in [2.45, 2.75) is 33.6 Å². The summed E-state index contributed by atoms with van der Waals surface area (Å²) in [6.07, 6.45) is 2.32. The molecule has 0 heterocycles. The van der Waals surface area contributed by atoms with Gasteiger partial charge in [-0.3, -0.25) is 4.99 Å². The maximum absolute atomic E-state index is 5.77. The first-order valence-corrected chi connectivity index (χ1v) is 9.60. The van der Waals surface area contributed by atoms with Crippen LogP contribution in [-0.4, -0.2) is 68.7 Å². The number of unbranched alkanes of at least 4 members (excludes halogenated alkanes) is 1. The molecule has 0 aliphatic carbocycles. The lowest BCUT2D eigenvalue weighted by Crippen LogP contribution is -2.41. The molecule has 1 aromatic carbocycles. The molecule has 6 heteroatoms. The van der Waals surface area contributed by atoms with Gasteiger partial charge in [0.2, 0.25) is 0 Å². The van der Waals surface area contributed by atoms with Gasteiger partial charge in [0.25, 0.3) is 0 Å². The van der Waals surface area contributed by atoms with E-state index in [0.29, 0.717) is 6.61 Å². The van der Waals surface area contributed by atoms with E-state index in [2.05, 4.69) is 42.9 Å². The zero-order valence-corrected chi connectivity index (χ0v) is 19.2. The average Bonchev–Trinajstić information content (AvgIpc) is 2.64. The van der Waals surface area contributed by atoms with Gasteiger partial charge in [0.15, 0.2) is 5.96 Å². The summed E-state index contributed by atoms with van der Waals surface area (Å²) in [5.41, 5.74) is 0. The van der Waals surface area contributed by atoms with Crippen molar-refractivity contribution in [2.24, 2.45) is 4.99 Å². The Morgan fingerprint density at radius 2 is 1.73 bits per heavy atom. The van der Waals surface area contributed by atoms with Gasteiger partial charge in [0.05, 0.1) is 6.54 Å². The summed E-state index contributed by atoms with van der Waals surface area (Å²) < 4.78 is 5.77. The van der Waals surface area contributed by atoms with E-state index in [-0.39, 0.29) is 24.0 Å². The van der Waals surface area contributed by atoms with Crippen LogP contribution in [0.4, 0.5) is 0 Å². The highest BCUT2D eigenvalue weighted by Crippen LogP contribution is 2.07. The highest BCUT2D eigenvalue weighted by atomic mass is 127. The summed E-state index contributed by atoms with van der Waals surface area (Å²) in [7, 11) is 2.06. The van der Waals surface area contributed by atoms with Crippen LogP contribution in [0, 0.1) is 0 Å². The molecule has 0 saturated heterocycles. The zero-order chi connectivity index (χ0) is 18.3. The maximum Gasteiger partial charge on any atom is 0.193 e. The first-order chi connectivity index (χ1) is 12.2. The third kappa shape index (κ3) is 10.9. The van der Waals surface area contributed by atoms with Gasteiger partial charge in [-0.2, -0.15) is 0 Å². The van der Waals surface area contributed by atoms with Crippen molar-refractivity contribution in [1.29, 1.82) is 0 Å². The van der Waals surface area contributed by atoms with Crippen LogP contribution in [0.15, 0.2) is 35.3 Å². The molecule has 0 fully saturated rings. The van der Waals surface area contributed by atoms with Gasteiger partial charge in [-0.05, 0) is 51.5 Å². The standard InChI is InChI=1S/C20H36N4O.HI/c1-5-21-20(22-15-11-12-16-24(6-2)7-3)23(4)17-18-25-19-13-9-8-10-14-19;/h8-10,13-14H,5-7,11-12,15-18H2,1-4H3,(H,21,22);1H. The predicted octanol–water partition coefficient (Wildman–Crippen LogP) is 3.70. The summed E-state index contributed by atoms with van der Waals surface area (Å²) in [5, 5.41) is 3.36. The van der Waals surface area contributed by atoms with E-state index in [9.17, 15) is 0 Å². The molecule has 0 aliphatic rings. The van der Waals surface area contributed by atoms with Crippen LogP contribution in [0.3, 0.4) is 0 Å². The Morgan fingerprint density at radius 1 is 1.04 bits per heavy atom. The second-order valence-corrected chi connectivity index (χ2v) is 6.05. The fraction of sp³-hybridized carbons (Fsp3) is 0.650. The predicted molar refractivity (Wildman–Crippen MR) is 123 cm³/mol. The zero-order valence-electron chi connectivity index (χ0n) is 16.9. The van der Waals surface area contributed by atoms with E-state index in [1.807, 2.05) is 30.3 Å². The summed E-state index contributed by atoms with van der Waals surface area (Å²) in [5.74, 6) is 1.87. The van der Waals surface area contributed by atoms with Crippen molar-refractivity contribution in [3.05, 3.63) is 30.3 Å². The van der Waals surface area contributed by atoms with E-state index in [1.54, 1.807) is 0 Å². The van der Waals surface area contributed by atoms with E-state index >= 15 is 0 Å². The summed E-state index contributed by atoms with van der Waals surface area (Å²) >= 11 is 0. The molecule has 5 nitrogen and oxygen atoms in total. The molecule has 1 aromatic rings. The van der Waals surface area contributed by atoms with E-state index < -0.39 is 0 Å². The second kappa shape index (κ2) is 16.2. The molecule has 0 unspecified atom stereocenters. The summed E-state index contributed by atoms with van der Waals surface area (Å²) in [4.78, 5) is 9.34. The molecule has 0 bridgehead atoms. The molecule has 0 radical (unpaired) electrons. The smallest absolute Gasteiger partial charge is 0.193 e. The minimum Gasteiger partial charge on any atom is -0.492 e. The Bertz CT molecular complexity index is 466. The van der Waals surface area contributed by atoms with E-state index in [4.69, 9.17) is 9.73 Å². The molecule has 150 valence electrons. The SMILES string of the molecule is CCNC(=NCCCCN(CC)CC)N(C)CCOc1ccccc1.I. The van der Waals surface area contributed by atoms with Crippen molar-refractivity contribution in [1.82, 2.24) is 15.1 Å². The molecular weight excluding hydrogens is 439 g/mol. The number of hydrogen-bond donors (Lipinski definition) is 1. The monoisotopic (exact) mass is 476 g/mol. The van der Waals surface area contributed by atoms with Gasteiger partial charge >= 0.3 is 0 Å². The first-order valence-electron chi connectivity index (χ1n) is 9.60. The van der Waals surface area contributed by atoms with Crippen LogP contribution in [0.1, 0.15) is 33.6 Å². The Labute approximate surface area is 177 Å². The number of ether oxygens (including phenoxy) is 1. The number of nitrogens with zero attached hydrogens (tertiary/aromatic N) is 3. The molecule has 1 rings (SSSR count). The van der Waals surface area contributed by atoms with Gasteiger partial charge in [-0.25, -0.2) is 0 Å². The van der Waals surface area contributed by atoms with Gasteiger partial charge in [0, 0.05) is 20.1 Å². The van der Waals surface area contributed by atoms with Crippen LogP contribution in [0.5, 0.6) is 5.75 Å². The molecule has 0 spiro atoms. The van der Waals surface area contributed by atoms with Crippen LogP contribution in [-0.2, 0) is 0 Å². The van der Waals surface area contributed by atoms with Crippen LogP contribution >= 0.6 is 24.0 Å². The third-order valence-electron chi connectivity index (χ3n) is 4.17. The Hall–Kier alpha value is -1.02. The van der Waals surface area contributed by atoms with E-state index in [1.165, 1.54) is 13.0 Å². The lowest BCUT2D eigenvalue weighted by molar-refractivity contribution is 0.281. The lowest BCUT2D eigenvalue weighted by atomic mass is 10.3. The summed E-state index contributed by atoms with van der Waals surface area (Å²) in [6, 6.07) is 9.94. The number of guanidine groups is 1. The third-order valence-corrected chi connectivity index (χ3v) is 4.17. The Kier molecular flexibility index (Phi) is 15.5. The van der Waals surface area contributed by atoms with Crippen molar-refractivity contribution in [3.8, 4) is 5.75 Å². The highest BCUT2D eigenvalue weighted by molar-refractivity contribution is 14.0. The highest BCUT2D eigenvalue weighted by Gasteiger charge is 2.05. The Morgan fingerprint density at radius 3 is 2.35 bits per heavy atom. The van der Waals surface area contributed by atoms with Crippen LogP contribution in [0.25, 0.3) is 0 Å². The first kappa shape index (κ1) is 25.0. The molecule has 0 amide bonds. The van der Waals surface area contributed by atoms with Crippen molar-refractivity contribution < 1.29 is 4.74 Å². The normalized spacial score (nSPS) is 11.2. The van der Waals surface area contributed by atoms with Crippen LogP contribution < -0.4 is 10.1 Å². The number of halogens is 1. The van der Waals surface area contributed by atoms with Gasteiger partial charge in [-0.1, -0.05) is 32.0 Å². The molecule has 26 heavy (non-hydrogen) atoms. The fourth-order valence-electron chi connectivity index (χ4n) is 2.56. The number of benzene rings is 1. The number of rotatable bonds is 12. The minimum atomic E-state index is 0. The van der Waals surface area contributed by atoms with Gasteiger partial charge in [-0.15, -0.1) is 24.0 Å². The van der Waals surface area contributed by atoms with Crippen molar-refractivity contribution in [3.63, 3.8) is 0 Å². The number of nitrogens with one attached hydrogen (secondary N) is 1. The molecule has 1 N–H and O–H groups in total. The van der Waals surface area contributed by atoms with Crippen LogP contribution in [0.2, 0.25) is 0 Å². The van der Waals surface area contributed by atoms with Crippen molar-refractivity contribution in [2.75, 3.05) is 52.9 Å². The number of aliphatic imine (C=N–C) groups is 1. The molecule has 0 aliphatic heterocycles. The average molecular weight is 476 g/mol. The summed E-state index contributed by atoms with van der Waals surface area (Å²) in [6.45, 7) is 13.2. The van der Waals surface area contributed by atoms with Gasteiger partial charge in [0.1, 0.15) is 12.4 Å². The molecule has 0 atom stereocenters. The minimum absolute atomic E-state index is 0. The van der Waals surface area contributed by atoms with Crippen molar-refractivity contribution >= 4 is 29.9 Å². The Balaban J connectivity index is 0.00000625. The quantitative estimate of drug-likeness (QED) is 0.216.